The summed E-state index contributed by atoms with van der Waals surface area (Å²) >= 11 is 0. The monoisotopic (exact) mass is 295 g/mol. The molecule has 1 unspecified atom stereocenters. The van der Waals surface area contributed by atoms with E-state index in [1.165, 1.54) is 4.68 Å². The van der Waals surface area contributed by atoms with Crippen LogP contribution in [-0.2, 0) is 18.3 Å². The van der Waals surface area contributed by atoms with E-state index in [2.05, 4.69) is 15.4 Å². The van der Waals surface area contributed by atoms with Crippen molar-refractivity contribution in [1.29, 1.82) is 0 Å². The van der Waals surface area contributed by atoms with Crippen LogP contribution in [0, 0.1) is 0 Å². The van der Waals surface area contributed by atoms with Gasteiger partial charge in [0.1, 0.15) is 5.69 Å². The molecule has 0 amide bonds. The van der Waals surface area contributed by atoms with Crippen LogP contribution in [0.4, 0.5) is 0 Å². The van der Waals surface area contributed by atoms with Gasteiger partial charge in [-0.1, -0.05) is 5.21 Å². The Morgan fingerprint density at radius 3 is 2.86 bits per heavy atom. The molecule has 2 aromatic rings. The number of carbonyl (C=O) groups excluding carboxylic acids is 1. The van der Waals surface area contributed by atoms with Crippen molar-refractivity contribution in [3.05, 3.63) is 18.1 Å². The van der Waals surface area contributed by atoms with E-state index in [1.807, 2.05) is 0 Å². The zero-order valence-corrected chi connectivity index (χ0v) is 11.8. The second-order valence-electron chi connectivity index (χ2n) is 4.43. The first-order valence-electron chi connectivity index (χ1n) is 6.45. The van der Waals surface area contributed by atoms with E-state index in [1.54, 1.807) is 31.0 Å². The smallest absolute Gasteiger partial charge is 0.361 e. The number of hydrogen-bond donors (Lipinski definition) is 2. The molecule has 2 aromatic heterocycles. The van der Waals surface area contributed by atoms with E-state index in [-0.39, 0.29) is 18.8 Å². The van der Waals surface area contributed by atoms with Gasteiger partial charge in [0.05, 0.1) is 32.1 Å². The molecule has 1 atom stereocenters. The summed E-state index contributed by atoms with van der Waals surface area (Å²) in [6.45, 7) is 1.51. The zero-order chi connectivity index (χ0) is 15.4. The SMILES string of the molecule is CCOC(=O)c1nnn(CC(O)CO)c1-c1cnn(C)c1. The maximum atomic E-state index is 11.9. The standard InChI is InChI=1S/C12H17N5O4/c1-3-21-12(20)10-11(8-4-13-16(2)5-8)17(15-14-10)6-9(19)7-18/h4-5,9,18-19H,3,6-7H2,1-2H3. The summed E-state index contributed by atoms with van der Waals surface area (Å²) in [5.41, 5.74) is 1.07. The van der Waals surface area contributed by atoms with E-state index in [4.69, 9.17) is 9.84 Å². The minimum absolute atomic E-state index is 0.00708. The molecule has 0 aliphatic heterocycles. The maximum Gasteiger partial charge on any atom is 0.361 e. The van der Waals surface area contributed by atoms with Crippen molar-refractivity contribution in [2.75, 3.05) is 13.2 Å². The molecule has 9 nitrogen and oxygen atoms in total. The summed E-state index contributed by atoms with van der Waals surface area (Å²) in [6.07, 6.45) is 2.25. The highest BCUT2D eigenvalue weighted by atomic mass is 16.5. The van der Waals surface area contributed by atoms with Gasteiger partial charge < -0.3 is 14.9 Å². The molecule has 0 bridgehead atoms. The Bertz CT molecular complexity index is 621. The van der Waals surface area contributed by atoms with Crippen LogP contribution < -0.4 is 0 Å². The van der Waals surface area contributed by atoms with E-state index >= 15 is 0 Å². The molecular formula is C12H17N5O4. The van der Waals surface area contributed by atoms with Crippen molar-refractivity contribution in [3.8, 4) is 11.3 Å². The Hall–Kier alpha value is -2.26. The van der Waals surface area contributed by atoms with Crippen LogP contribution in [0.25, 0.3) is 11.3 Å². The van der Waals surface area contributed by atoms with E-state index < -0.39 is 18.7 Å². The summed E-state index contributed by atoms with van der Waals surface area (Å²) in [6, 6.07) is 0. The van der Waals surface area contributed by atoms with Crippen LogP contribution in [0.15, 0.2) is 12.4 Å². The molecule has 2 heterocycles. The van der Waals surface area contributed by atoms with Crippen LogP contribution in [0.3, 0.4) is 0 Å². The van der Waals surface area contributed by atoms with Crippen LogP contribution in [0.2, 0.25) is 0 Å². The summed E-state index contributed by atoms with van der Waals surface area (Å²) in [4.78, 5) is 11.9. The molecule has 0 fully saturated rings. The number of esters is 1. The molecule has 0 aromatic carbocycles. The normalized spacial score (nSPS) is 12.4. The van der Waals surface area contributed by atoms with Crippen molar-refractivity contribution in [1.82, 2.24) is 24.8 Å². The van der Waals surface area contributed by atoms with Gasteiger partial charge in [0, 0.05) is 18.8 Å². The molecule has 0 saturated heterocycles. The predicted molar refractivity (Wildman–Crippen MR) is 71.3 cm³/mol. The third-order valence-corrected chi connectivity index (χ3v) is 2.78. The third-order valence-electron chi connectivity index (χ3n) is 2.78. The topological polar surface area (TPSA) is 115 Å². The largest absolute Gasteiger partial charge is 0.461 e. The van der Waals surface area contributed by atoms with E-state index in [0.29, 0.717) is 11.3 Å². The first-order valence-corrected chi connectivity index (χ1v) is 6.45. The molecule has 0 radical (unpaired) electrons. The van der Waals surface area contributed by atoms with Crippen molar-refractivity contribution in [3.63, 3.8) is 0 Å². The lowest BCUT2D eigenvalue weighted by Gasteiger charge is -2.09. The minimum atomic E-state index is -1.00. The van der Waals surface area contributed by atoms with E-state index in [0.717, 1.165) is 0 Å². The van der Waals surface area contributed by atoms with Gasteiger partial charge >= 0.3 is 5.97 Å². The van der Waals surface area contributed by atoms with Gasteiger partial charge in [-0.15, -0.1) is 5.10 Å². The van der Waals surface area contributed by atoms with Gasteiger partial charge in [-0.2, -0.15) is 5.10 Å². The van der Waals surface area contributed by atoms with Crippen molar-refractivity contribution >= 4 is 5.97 Å². The Labute approximate surface area is 120 Å². The molecule has 0 aliphatic rings. The van der Waals surface area contributed by atoms with Crippen LogP contribution in [0.5, 0.6) is 0 Å². The molecule has 0 spiro atoms. The summed E-state index contributed by atoms with van der Waals surface area (Å²) in [7, 11) is 1.74. The lowest BCUT2D eigenvalue weighted by molar-refractivity contribution is 0.0520. The molecule has 114 valence electrons. The predicted octanol–water partition coefficient (Wildman–Crippen LogP) is -0.791. The molecule has 9 heteroatoms. The summed E-state index contributed by atoms with van der Waals surface area (Å²) in [5.74, 6) is -0.596. The van der Waals surface area contributed by atoms with Crippen LogP contribution >= 0.6 is 0 Å². The maximum absolute atomic E-state index is 11.9. The van der Waals surface area contributed by atoms with Gasteiger partial charge in [0.25, 0.3) is 0 Å². The second kappa shape index (κ2) is 6.46. The van der Waals surface area contributed by atoms with Crippen molar-refractivity contribution < 1.29 is 19.7 Å². The first kappa shape index (κ1) is 15.1. The molecule has 2 N–H and O–H groups in total. The number of ether oxygens (including phenoxy) is 1. The summed E-state index contributed by atoms with van der Waals surface area (Å²) < 4.78 is 7.87. The lowest BCUT2D eigenvalue weighted by Crippen LogP contribution is -2.21. The number of aliphatic hydroxyl groups excluding tert-OH is 2. The third kappa shape index (κ3) is 3.26. The van der Waals surface area contributed by atoms with E-state index in [9.17, 15) is 9.90 Å². The number of aliphatic hydroxyl groups is 2. The molecule has 0 saturated carbocycles. The number of aryl methyl sites for hydroxylation is 1. The number of hydrogen-bond acceptors (Lipinski definition) is 7. The highest BCUT2D eigenvalue weighted by Crippen LogP contribution is 2.22. The fourth-order valence-electron chi connectivity index (χ4n) is 1.86. The molecule has 0 aliphatic carbocycles. The number of nitrogens with zero attached hydrogens (tertiary/aromatic N) is 5. The molecular weight excluding hydrogens is 278 g/mol. The Morgan fingerprint density at radius 2 is 2.29 bits per heavy atom. The van der Waals surface area contributed by atoms with Gasteiger partial charge in [-0.3, -0.25) is 4.68 Å². The molecule has 21 heavy (non-hydrogen) atoms. The highest BCUT2D eigenvalue weighted by molar-refractivity contribution is 5.93. The van der Waals surface area contributed by atoms with Crippen LogP contribution in [0.1, 0.15) is 17.4 Å². The molecule has 2 rings (SSSR count). The van der Waals surface area contributed by atoms with Gasteiger partial charge in [-0.05, 0) is 6.92 Å². The van der Waals surface area contributed by atoms with Crippen molar-refractivity contribution in [2.24, 2.45) is 7.05 Å². The Morgan fingerprint density at radius 1 is 1.52 bits per heavy atom. The van der Waals surface area contributed by atoms with Gasteiger partial charge in [-0.25, -0.2) is 9.48 Å². The Kier molecular flexibility index (Phi) is 4.66. The minimum Gasteiger partial charge on any atom is -0.461 e. The fraction of sp³-hybridized carbons (Fsp3) is 0.500. The van der Waals surface area contributed by atoms with Gasteiger partial charge in [0.2, 0.25) is 0 Å². The second-order valence-corrected chi connectivity index (χ2v) is 4.43. The average Bonchev–Trinajstić information content (AvgIpc) is 3.05. The number of aromatic nitrogens is 5. The quantitative estimate of drug-likeness (QED) is 0.671. The number of rotatable bonds is 6. The van der Waals surface area contributed by atoms with Crippen LogP contribution in [-0.4, -0.2) is 60.3 Å². The lowest BCUT2D eigenvalue weighted by atomic mass is 10.2. The fourth-order valence-corrected chi connectivity index (χ4v) is 1.86. The first-order chi connectivity index (χ1) is 10.1. The van der Waals surface area contributed by atoms with Crippen molar-refractivity contribution in [2.45, 2.75) is 19.6 Å². The zero-order valence-electron chi connectivity index (χ0n) is 11.8. The van der Waals surface area contributed by atoms with Gasteiger partial charge in [0.15, 0.2) is 5.69 Å². The highest BCUT2D eigenvalue weighted by Gasteiger charge is 2.24. The average molecular weight is 295 g/mol. The Balaban J connectivity index is 2.44. The summed E-state index contributed by atoms with van der Waals surface area (Å²) in [5, 5.41) is 30.2. The number of carbonyl (C=O) groups is 1.